The van der Waals surface area contributed by atoms with E-state index in [0.717, 1.165) is 25.9 Å². The van der Waals surface area contributed by atoms with Crippen molar-refractivity contribution in [2.24, 2.45) is 0 Å². The summed E-state index contributed by atoms with van der Waals surface area (Å²) < 4.78 is 5.53. The Morgan fingerprint density at radius 1 is 1.39 bits per heavy atom. The number of aromatic nitrogens is 2. The normalized spacial score (nSPS) is 15.4. The van der Waals surface area contributed by atoms with E-state index in [1.165, 1.54) is 0 Å². The van der Waals surface area contributed by atoms with Crippen LogP contribution in [0.25, 0.3) is 0 Å². The van der Waals surface area contributed by atoms with Gasteiger partial charge in [0.25, 0.3) is 0 Å². The van der Waals surface area contributed by atoms with Gasteiger partial charge in [-0.05, 0) is 52.6 Å². The number of hydrogen-bond acceptors (Lipinski definition) is 5. The van der Waals surface area contributed by atoms with E-state index in [1.807, 2.05) is 20.8 Å². The van der Waals surface area contributed by atoms with E-state index >= 15 is 0 Å². The molecular weight excluding hydrogens is 292 g/mol. The van der Waals surface area contributed by atoms with Crippen LogP contribution >= 0.6 is 0 Å². The second-order valence-corrected chi connectivity index (χ2v) is 6.48. The molecule has 0 spiro atoms. The number of carbonyl (C=O) groups is 1. The summed E-state index contributed by atoms with van der Waals surface area (Å²) in [6.45, 7) is 7.75. The van der Waals surface area contributed by atoms with Crippen LogP contribution in [0, 0.1) is 11.8 Å². The third kappa shape index (κ3) is 5.87. The molecule has 6 heteroatoms. The van der Waals surface area contributed by atoms with Gasteiger partial charge in [0.2, 0.25) is 0 Å². The van der Waals surface area contributed by atoms with Gasteiger partial charge in [0.15, 0.2) is 0 Å². The first-order valence-electron chi connectivity index (χ1n) is 7.91. The molecule has 1 aliphatic rings. The Balaban J connectivity index is 2.07. The summed E-state index contributed by atoms with van der Waals surface area (Å²) in [4.78, 5) is 22.3. The number of piperidine rings is 1. The molecule has 0 aromatic carbocycles. The Bertz CT molecular complexity index is 566. The predicted molar refractivity (Wildman–Crippen MR) is 87.7 cm³/mol. The van der Waals surface area contributed by atoms with E-state index in [-0.39, 0.29) is 12.1 Å². The Labute approximate surface area is 137 Å². The van der Waals surface area contributed by atoms with Gasteiger partial charge in [0.05, 0.1) is 12.7 Å². The molecule has 1 amide bonds. The highest BCUT2D eigenvalue weighted by atomic mass is 16.6. The smallest absolute Gasteiger partial charge is 0.411 e. The van der Waals surface area contributed by atoms with Crippen LogP contribution < -0.4 is 5.32 Å². The fraction of sp³-hybridized carbons (Fsp3) is 0.588. The molecule has 0 aliphatic carbocycles. The van der Waals surface area contributed by atoms with Crippen molar-refractivity contribution in [2.75, 3.05) is 19.6 Å². The van der Waals surface area contributed by atoms with E-state index in [1.54, 1.807) is 23.5 Å². The maximum atomic E-state index is 12.5. The van der Waals surface area contributed by atoms with Gasteiger partial charge in [0.1, 0.15) is 11.3 Å². The third-order valence-corrected chi connectivity index (χ3v) is 3.41. The van der Waals surface area contributed by atoms with Crippen LogP contribution in [0.5, 0.6) is 0 Å². The molecule has 0 radical (unpaired) electrons. The van der Waals surface area contributed by atoms with Gasteiger partial charge in [-0.2, -0.15) is 0 Å². The minimum atomic E-state index is -0.513. The van der Waals surface area contributed by atoms with Crippen LogP contribution in [-0.2, 0) is 4.74 Å². The molecule has 2 heterocycles. The van der Waals surface area contributed by atoms with Crippen molar-refractivity contribution in [3.63, 3.8) is 0 Å². The number of nitrogens with zero attached hydrogens (tertiary/aromatic N) is 3. The molecule has 0 bridgehead atoms. The summed E-state index contributed by atoms with van der Waals surface area (Å²) in [6.07, 6.45) is 6.32. The number of amides is 1. The van der Waals surface area contributed by atoms with E-state index in [0.29, 0.717) is 12.2 Å². The van der Waals surface area contributed by atoms with E-state index < -0.39 is 5.60 Å². The van der Waals surface area contributed by atoms with Gasteiger partial charge in [-0.1, -0.05) is 5.92 Å². The number of rotatable bonds is 2. The SMILES string of the molecule is CC(C)(C)OC(=O)N(CC#Cc1cnccn1)C1CCNCC1. The lowest BCUT2D eigenvalue weighted by Crippen LogP contribution is -2.48. The molecule has 23 heavy (non-hydrogen) atoms. The summed E-state index contributed by atoms with van der Waals surface area (Å²) in [6, 6.07) is 0.155. The minimum Gasteiger partial charge on any atom is -0.444 e. The van der Waals surface area contributed by atoms with Crippen LogP contribution in [0.3, 0.4) is 0 Å². The average molecular weight is 316 g/mol. The summed E-state index contributed by atoms with van der Waals surface area (Å²) in [5.74, 6) is 5.96. The molecule has 1 saturated heterocycles. The van der Waals surface area contributed by atoms with Gasteiger partial charge < -0.3 is 10.1 Å². The number of ether oxygens (including phenoxy) is 1. The minimum absolute atomic E-state index is 0.155. The van der Waals surface area contributed by atoms with Crippen molar-refractivity contribution in [3.8, 4) is 11.8 Å². The second-order valence-electron chi connectivity index (χ2n) is 6.48. The number of hydrogen-bond donors (Lipinski definition) is 1. The van der Waals surface area contributed by atoms with Gasteiger partial charge in [-0.3, -0.25) is 9.88 Å². The van der Waals surface area contributed by atoms with Gasteiger partial charge in [-0.15, -0.1) is 0 Å². The Morgan fingerprint density at radius 2 is 2.13 bits per heavy atom. The van der Waals surface area contributed by atoms with Crippen molar-refractivity contribution in [1.82, 2.24) is 20.2 Å². The molecule has 6 nitrogen and oxygen atoms in total. The van der Waals surface area contributed by atoms with Crippen molar-refractivity contribution < 1.29 is 9.53 Å². The van der Waals surface area contributed by atoms with Crippen LogP contribution in [0.2, 0.25) is 0 Å². The van der Waals surface area contributed by atoms with Crippen molar-refractivity contribution in [2.45, 2.75) is 45.3 Å². The topological polar surface area (TPSA) is 67.3 Å². The van der Waals surface area contributed by atoms with Crippen LogP contribution in [-0.4, -0.2) is 52.2 Å². The highest BCUT2D eigenvalue weighted by molar-refractivity contribution is 5.69. The zero-order chi connectivity index (χ0) is 16.7. The molecule has 1 N–H and O–H groups in total. The van der Waals surface area contributed by atoms with Crippen molar-refractivity contribution in [3.05, 3.63) is 24.3 Å². The fourth-order valence-corrected chi connectivity index (χ4v) is 2.36. The molecule has 2 rings (SSSR count). The average Bonchev–Trinajstić information content (AvgIpc) is 2.51. The monoisotopic (exact) mass is 316 g/mol. The molecule has 1 aromatic heterocycles. The summed E-state index contributed by atoms with van der Waals surface area (Å²) in [5, 5.41) is 3.31. The second kappa shape index (κ2) is 7.93. The fourth-order valence-electron chi connectivity index (χ4n) is 2.36. The van der Waals surface area contributed by atoms with Crippen molar-refractivity contribution in [1.29, 1.82) is 0 Å². The van der Waals surface area contributed by atoms with Gasteiger partial charge in [-0.25, -0.2) is 9.78 Å². The van der Waals surface area contributed by atoms with Crippen molar-refractivity contribution >= 4 is 6.09 Å². The maximum absolute atomic E-state index is 12.5. The lowest BCUT2D eigenvalue weighted by atomic mass is 10.1. The molecule has 1 aliphatic heterocycles. The Kier molecular flexibility index (Phi) is 5.94. The third-order valence-electron chi connectivity index (χ3n) is 3.41. The molecule has 124 valence electrons. The van der Waals surface area contributed by atoms with E-state index in [4.69, 9.17) is 4.74 Å². The molecule has 1 fully saturated rings. The molecule has 0 unspecified atom stereocenters. The largest absolute Gasteiger partial charge is 0.444 e. The summed E-state index contributed by atoms with van der Waals surface area (Å²) in [7, 11) is 0. The number of carbonyl (C=O) groups excluding carboxylic acids is 1. The molecule has 1 aromatic rings. The first-order valence-corrected chi connectivity index (χ1v) is 7.91. The number of nitrogens with one attached hydrogen (secondary N) is 1. The highest BCUT2D eigenvalue weighted by Gasteiger charge is 2.28. The lowest BCUT2D eigenvalue weighted by molar-refractivity contribution is 0.0163. The van der Waals surface area contributed by atoms with Gasteiger partial charge in [0, 0.05) is 18.4 Å². The van der Waals surface area contributed by atoms with Crippen LogP contribution in [0.15, 0.2) is 18.6 Å². The molecule has 0 atom stereocenters. The summed E-state index contributed by atoms with van der Waals surface area (Å²) in [5.41, 5.74) is 0.0857. The summed E-state index contributed by atoms with van der Waals surface area (Å²) >= 11 is 0. The van der Waals surface area contributed by atoms with Gasteiger partial charge >= 0.3 is 6.09 Å². The zero-order valence-electron chi connectivity index (χ0n) is 14.0. The first-order chi connectivity index (χ1) is 11.0. The quantitative estimate of drug-likeness (QED) is 0.843. The molecule has 0 saturated carbocycles. The van der Waals surface area contributed by atoms with E-state index in [9.17, 15) is 4.79 Å². The predicted octanol–water partition coefficient (Wildman–Crippen LogP) is 1.82. The van der Waals surface area contributed by atoms with Crippen LogP contribution in [0.4, 0.5) is 4.79 Å². The Hall–Kier alpha value is -2.13. The standard InChI is InChI=1S/C17H24N4O2/c1-17(2,3)23-16(22)21(15-6-8-18-9-7-15)12-4-5-14-13-19-10-11-20-14/h10-11,13,15,18H,6-9,12H2,1-3H3. The van der Waals surface area contributed by atoms with E-state index in [2.05, 4.69) is 27.1 Å². The maximum Gasteiger partial charge on any atom is 0.411 e. The zero-order valence-corrected chi connectivity index (χ0v) is 14.0. The lowest BCUT2D eigenvalue weighted by Gasteiger charge is -2.34. The highest BCUT2D eigenvalue weighted by Crippen LogP contribution is 2.16. The Morgan fingerprint density at radius 3 is 2.74 bits per heavy atom. The van der Waals surface area contributed by atoms with Crippen LogP contribution in [0.1, 0.15) is 39.3 Å². The molecular formula is C17H24N4O2. The first kappa shape index (κ1) is 17.2.